The standard InChI is InChI=1S/C15H15ClN2O2/c1-3-18-10(2)15(20)14(17-18)13(19)9-8-11-6-4-5-7-12(11)16/h4-9,20H,3H2,1-2H3/b9-8+. The van der Waals surface area contributed by atoms with Crippen LogP contribution in [0.5, 0.6) is 5.75 Å². The van der Waals surface area contributed by atoms with E-state index in [9.17, 15) is 9.90 Å². The van der Waals surface area contributed by atoms with E-state index in [2.05, 4.69) is 5.10 Å². The molecule has 0 radical (unpaired) electrons. The predicted molar refractivity (Wildman–Crippen MR) is 79.1 cm³/mol. The third-order valence-electron chi connectivity index (χ3n) is 3.03. The number of halogens is 1. The molecule has 0 unspecified atom stereocenters. The number of nitrogens with zero attached hydrogens (tertiary/aromatic N) is 2. The third-order valence-corrected chi connectivity index (χ3v) is 3.37. The van der Waals surface area contributed by atoms with Crippen molar-refractivity contribution >= 4 is 23.5 Å². The molecule has 2 rings (SSSR count). The maximum absolute atomic E-state index is 12.1. The van der Waals surface area contributed by atoms with Gasteiger partial charge in [0.25, 0.3) is 0 Å². The summed E-state index contributed by atoms with van der Waals surface area (Å²) < 4.78 is 1.59. The van der Waals surface area contributed by atoms with Gasteiger partial charge in [0, 0.05) is 11.6 Å². The first-order valence-electron chi connectivity index (χ1n) is 6.28. The number of hydrogen-bond donors (Lipinski definition) is 1. The number of hydrogen-bond acceptors (Lipinski definition) is 3. The molecule has 0 bridgehead atoms. The maximum atomic E-state index is 12.1. The summed E-state index contributed by atoms with van der Waals surface area (Å²) in [5, 5.41) is 14.6. The highest BCUT2D eigenvalue weighted by Crippen LogP contribution is 2.23. The van der Waals surface area contributed by atoms with Gasteiger partial charge in [-0.05, 0) is 37.6 Å². The van der Waals surface area contributed by atoms with Crippen LogP contribution >= 0.6 is 11.6 Å². The van der Waals surface area contributed by atoms with Crippen molar-refractivity contribution in [3.05, 3.63) is 52.3 Å². The minimum atomic E-state index is -0.349. The van der Waals surface area contributed by atoms with E-state index >= 15 is 0 Å². The molecule has 4 nitrogen and oxygen atoms in total. The van der Waals surface area contributed by atoms with Crippen molar-refractivity contribution in [3.8, 4) is 5.75 Å². The monoisotopic (exact) mass is 290 g/mol. The molecule has 0 atom stereocenters. The highest BCUT2D eigenvalue weighted by atomic mass is 35.5. The van der Waals surface area contributed by atoms with Crippen LogP contribution < -0.4 is 0 Å². The SMILES string of the molecule is CCn1nc(C(=O)/C=C/c2ccccc2Cl)c(O)c1C. The second-order valence-corrected chi connectivity index (χ2v) is 4.72. The summed E-state index contributed by atoms with van der Waals surface area (Å²) in [6, 6.07) is 7.21. The van der Waals surface area contributed by atoms with Gasteiger partial charge in [-0.15, -0.1) is 0 Å². The first-order valence-corrected chi connectivity index (χ1v) is 6.65. The fourth-order valence-corrected chi connectivity index (χ4v) is 2.06. The Bertz CT molecular complexity index is 675. The number of carbonyl (C=O) groups excluding carboxylic acids is 1. The fourth-order valence-electron chi connectivity index (χ4n) is 1.87. The van der Waals surface area contributed by atoms with Gasteiger partial charge >= 0.3 is 0 Å². The average molecular weight is 291 g/mol. The molecule has 1 heterocycles. The lowest BCUT2D eigenvalue weighted by Crippen LogP contribution is -2.01. The van der Waals surface area contributed by atoms with E-state index in [1.807, 2.05) is 25.1 Å². The zero-order valence-corrected chi connectivity index (χ0v) is 12.1. The molecule has 20 heavy (non-hydrogen) atoms. The Labute approximate surface area is 122 Å². The second kappa shape index (κ2) is 5.92. The molecule has 2 aromatic rings. The van der Waals surface area contributed by atoms with Gasteiger partial charge in [-0.2, -0.15) is 5.10 Å². The van der Waals surface area contributed by atoms with Crippen molar-refractivity contribution in [1.29, 1.82) is 0 Å². The summed E-state index contributed by atoms with van der Waals surface area (Å²) in [4.78, 5) is 12.1. The molecule has 1 aromatic heterocycles. The number of carbonyl (C=O) groups is 1. The molecule has 0 saturated heterocycles. The number of aromatic nitrogens is 2. The van der Waals surface area contributed by atoms with Crippen molar-refractivity contribution in [2.45, 2.75) is 20.4 Å². The first-order chi connectivity index (χ1) is 9.54. The van der Waals surface area contributed by atoms with Gasteiger partial charge < -0.3 is 5.11 Å². The lowest BCUT2D eigenvalue weighted by molar-refractivity contribution is 0.104. The van der Waals surface area contributed by atoms with Crippen LogP contribution in [0.3, 0.4) is 0 Å². The van der Waals surface area contributed by atoms with Crippen LogP contribution in [0.15, 0.2) is 30.3 Å². The molecule has 0 aliphatic heterocycles. The number of aryl methyl sites for hydroxylation is 1. The van der Waals surface area contributed by atoms with Crippen molar-refractivity contribution in [2.24, 2.45) is 0 Å². The van der Waals surface area contributed by atoms with Gasteiger partial charge in [0.15, 0.2) is 11.4 Å². The Balaban J connectivity index is 2.27. The molecule has 0 aliphatic rings. The van der Waals surface area contributed by atoms with Gasteiger partial charge in [0.1, 0.15) is 0 Å². The van der Waals surface area contributed by atoms with Crippen LogP contribution in [0.4, 0.5) is 0 Å². The quantitative estimate of drug-likeness (QED) is 0.693. The number of allylic oxidation sites excluding steroid dienone is 1. The van der Waals surface area contributed by atoms with Crippen molar-refractivity contribution in [1.82, 2.24) is 9.78 Å². The smallest absolute Gasteiger partial charge is 0.209 e. The van der Waals surface area contributed by atoms with Gasteiger partial charge in [0.05, 0.1) is 5.69 Å². The highest BCUT2D eigenvalue weighted by Gasteiger charge is 2.17. The number of rotatable bonds is 4. The molecule has 1 aromatic carbocycles. The molecule has 0 aliphatic carbocycles. The minimum Gasteiger partial charge on any atom is -0.504 e. The molecule has 0 saturated carbocycles. The summed E-state index contributed by atoms with van der Waals surface area (Å²) in [5.41, 5.74) is 1.39. The summed E-state index contributed by atoms with van der Waals surface area (Å²) in [6.45, 7) is 4.22. The first kappa shape index (κ1) is 14.3. The van der Waals surface area contributed by atoms with E-state index in [1.165, 1.54) is 6.08 Å². The van der Waals surface area contributed by atoms with Crippen LogP contribution in [-0.2, 0) is 6.54 Å². The summed E-state index contributed by atoms with van der Waals surface area (Å²) in [5.74, 6) is -0.418. The molecule has 0 fully saturated rings. The minimum absolute atomic E-state index is 0.0626. The average Bonchev–Trinajstić information content (AvgIpc) is 2.74. The van der Waals surface area contributed by atoms with E-state index in [-0.39, 0.29) is 17.2 Å². The van der Waals surface area contributed by atoms with E-state index in [0.29, 0.717) is 17.3 Å². The molecule has 0 spiro atoms. The lowest BCUT2D eigenvalue weighted by Gasteiger charge is -1.96. The van der Waals surface area contributed by atoms with E-state index in [0.717, 1.165) is 5.56 Å². The molecular weight excluding hydrogens is 276 g/mol. The number of ketones is 1. The molecule has 0 amide bonds. The predicted octanol–water partition coefficient (Wildman–Crippen LogP) is 3.47. The van der Waals surface area contributed by atoms with Crippen LogP contribution in [0.1, 0.15) is 28.7 Å². The van der Waals surface area contributed by atoms with Gasteiger partial charge in [0.2, 0.25) is 5.78 Å². The zero-order valence-electron chi connectivity index (χ0n) is 11.3. The van der Waals surface area contributed by atoms with E-state index in [1.54, 1.807) is 23.7 Å². The van der Waals surface area contributed by atoms with Crippen LogP contribution in [0.25, 0.3) is 6.08 Å². The Morgan fingerprint density at radius 1 is 1.45 bits per heavy atom. The maximum Gasteiger partial charge on any atom is 0.209 e. The highest BCUT2D eigenvalue weighted by molar-refractivity contribution is 6.32. The van der Waals surface area contributed by atoms with E-state index in [4.69, 9.17) is 11.6 Å². The summed E-state index contributed by atoms with van der Waals surface area (Å²) in [7, 11) is 0. The van der Waals surface area contributed by atoms with Crippen molar-refractivity contribution < 1.29 is 9.90 Å². The second-order valence-electron chi connectivity index (χ2n) is 4.32. The lowest BCUT2D eigenvalue weighted by atomic mass is 10.1. The number of benzene rings is 1. The largest absolute Gasteiger partial charge is 0.504 e. The third kappa shape index (κ3) is 2.75. The summed E-state index contributed by atoms with van der Waals surface area (Å²) in [6.07, 6.45) is 2.98. The van der Waals surface area contributed by atoms with E-state index < -0.39 is 0 Å². The van der Waals surface area contributed by atoms with Gasteiger partial charge in [-0.3, -0.25) is 9.48 Å². The van der Waals surface area contributed by atoms with Crippen molar-refractivity contribution in [3.63, 3.8) is 0 Å². The Morgan fingerprint density at radius 3 is 2.75 bits per heavy atom. The Hall–Kier alpha value is -2.07. The Kier molecular flexibility index (Phi) is 4.25. The number of aromatic hydroxyl groups is 1. The molecular formula is C15H15ClN2O2. The van der Waals surface area contributed by atoms with Gasteiger partial charge in [-0.25, -0.2) is 0 Å². The van der Waals surface area contributed by atoms with Gasteiger partial charge in [-0.1, -0.05) is 29.8 Å². The topological polar surface area (TPSA) is 55.1 Å². The molecule has 1 N–H and O–H groups in total. The zero-order chi connectivity index (χ0) is 14.7. The fraction of sp³-hybridized carbons (Fsp3) is 0.200. The van der Waals surface area contributed by atoms with Crippen molar-refractivity contribution in [2.75, 3.05) is 0 Å². The Morgan fingerprint density at radius 2 is 2.15 bits per heavy atom. The van der Waals surface area contributed by atoms with Crippen LogP contribution in [0, 0.1) is 6.92 Å². The molecule has 104 valence electrons. The van der Waals surface area contributed by atoms with Crippen LogP contribution in [-0.4, -0.2) is 20.7 Å². The summed E-state index contributed by atoms with van der Waals surface area (Å²) >= 11 is 6.01. The normalized spacial score (nSPS) is 11.2. The van der Waals surface area contributed by atoms with Crippen LogP contribution in [0.2, 0.25) is 5.02 Å². The molecule has 5 heteroatoms.